The normalized spacial score (nSPS) is 18.0. The minimum atomic E-state index is -1.21. The SMILES string of the molecule is COc1cccc(OC)c1C1=NC(Cc2ccccc2)([C@H](C)/C=C/CC(=O)c2ccccc2)C(=O)O1. The van der Waals surface area contributed by atoms with Crippen LogP contribution in [-0.2, 0) is 16.0 Å². The number of Topliss-reactive ketones (excluding diaryl/α,β-unsaturated/α-hetero) is 1. The molecule has 0 saturated carbocycles. The number of carbonyl (C=O) groups is 2. The zero-order chi connectivity index (χ0) is 25.5. The Kier molecular flexibility index (Phi) is 7.64. The van der Waals surface area contributed by atoms with Gasteiger partial charge in [0.15, 0.2) is 11.3 Å². The van der Waals surface area contributed by atoms with Crippen LogP contribution in [0, 0.1) is 5.92 Å². The first kappa shape index (κ1) is 24.9. The lowest BCUT2D eigenvalue weighted by Crippen LogP contribution is -2.42. The topological polar surface area (TPSA) is 74.2 Å². The second-order valence-corrected chi connectivity index (χ2v) is 8.64. The molecule has 0 spiro atoms. The molecule has 2 atom stereocenters. The molecule has 0 saturated heterocycles. The second kappa shape index (κ2) is 11.0. The number of ketones is 1. The predicted molar refractivity (Wildman–Crippen MR) is 139 cm³/mol. The van der Waals surface area contributed by atoms with E-state index in [4.69, 9.17) is 19.2 Å². The molecule has 6 heteroatoms. The molecule has 0 aliphatic carbocycles. The summed E-state index contributed by atoms with van der Waals surface area (Å²) in [5.41, 5.74) is 0.875. The van der Waals surface area contributed by atoms with Crippen LogP contribution in [0.4, 0.5) is 0 Å². The Balaban J connectivity index is 1.70. The minimum absolute atomic E-state index is 0.00751. The number of carbonyl (C=O) groups excluding carboxylic acids is 2. The molecular formula is C30H29NO5. The Morgan fingerprint density at radius 1 is 0.944 bits per heavy atom. The number of cyclic esters (lactones) is 1. The summed E-state index contributed by atoms with van der Waals surface area (Å²) < 4.78 is 16.8. The van der Waals surface area contributed by atoms with E-state index in [1.165, 1.54) is 0 Å². The van der Waals surface area contributed by atoms with Gasteiger partial charge in [0.05, 0.1) is 14.2 Å². The summed E-state index contributed by atoms with van der Waals surface area (Å²) in [6.45, 7) is 1.92. The zero-order valence-electron chi connectivity index (χ0n) is 20.6. The van der Waals surface area contributed by atoms with Gasteiger partial charge in [0.1, 0.15) is 17.1 Å². The number of methoxy groups -OCH3 is 2. The number of ether oxygens (including phenoxy) is 3. The lowest BCUT2D eigenvalue weighted by atomic mass is 9.80. The Morgan fingerprint density at radius 3 is 2.17 bits per heavy atom. The van der Waals surface area contributed by atoms with Gasteiger partial charge in [-0.3, -0.25) is 4.79 Å². The number of aliphatic imine (C=N–C) groups is 1. The molecule has 0 amide bonds. The van der Waals surface area contributed by atoms with Crippen LogP contribution >= 0.6 is 0 Å². The Morgan fingerprint density at radius 2 is 1.56 bits per heavy atom. The van der Waals surface area contributed by atoms with E-state index in [0.29, 0.717) is 29.0 Å². The molecule has 1 aliphatic heterocycles. The van der Waals surface area contributed by atoms with Crippen LogP contribution in [0.3, 0.4) is 0 Å². The van der Waals surface area contributed by atoms with Crippen molar-refractivity contribution >= 4 is 17.7 Å². The third kappa shape index (κ3) is 5.08. The molecule has 0 fully saturated rings. The number of benzene rings is 3. The standard InChI is InChI=1S/C30H29NO5/c1-21(12-10-17-24(32)23-15-8-5-9-16-23)30(20-22-13-6-4-7-14-22)29(33)36-28(31-30)27-25(34-2)18-11-19-26(27)35-3/h4-16,18-19,21H,17,20H2,1-3H3/b12-10+/t21-,30?/m1/s1. The van der Waals surface area contributed by atoms with Gasteiger partial charge in [-0.15, -0.1) is 0 Å². The maximum atomic E-state index is 13.5. The zero-order valence-corrected chi connectivity index (χ0v) is 20.6. The molecule has 184 valence electrons. The van der Waals surface area contributed by atoms with Crippen molar-refractivity contribution in [2.45, 2.75) is 25.3 Å². The lowest BCUT2D eigenvalue weighted by Gasteiger charge is -2.27. The Bertz CT molecular complexity index is 1260. The van der Waals surface area contributed by atoms with Crippen molar-refractivity contribution in [1.82, 2.24) is 0 Å². The van der Waals surface area contributed by atoms with Gasteiger partial charge in [0.25, 0.3) is 0 Å². The maximum Gasteiger partial charge on any atom is 0.341 e. The third-order valence-electron chi connectivity index (χ3n) is 6.38. The summed E-state index contributed by atoms with van der Waals surface area (Å²) in [6.07, 6.45) is 4.24. The molecular weight excluding hydrogens is 454 g/mol. The van der Waals surface area contributed by atoms with Gasteiger partial charge in [-0.05, 0) is 17.7 Å². The van der Waals surface area contributed by atoms with Crippen molar-refractivity contribution in [3.05, 3.63) is 108 Å². The van der Waals surface area contributed by atoms with Crippen molar-refractivity contribution in [1.29, 1.82) is 0 Å². The molecule has 0 bridgehead atoms. The highest BCUT2D eigenvalue weighted by atomic mass is 16.6. The molecule has 4 rings (SSSR count). The van der Waals surface area contributed by atoms with E-state index in [2.05, 4.69) is 0 Å². The van der Waals surface area contributed by atoms with Crippen molar-refractivity contribution in [3.8, 4) is 11.5 Å². The first-order valence-corrected chi connectivity index (χ1v) is 11.8. The fraction of sp³-hybridized carbons (Fsp3) is 0.233. The number of nitrogens with zero attached hydrogens (tertiary/aromatic N) is 1. The van der Waals surface area contributed by atoms with E-state index in [0.717, 1.165) is 5.56 Å². The summed E-state index contributed by atoms with van der Waals surface area (Å²) in [6, 6.07) is 24.2. The molecule has 1 aliphatic rings. The quantitative estimate of drug-likeness (QED) is 0.218. The molecule has 0 N–H and O–H groups in total. The summed E-state index contributed by atoms with van der Waals surface area (Å²) in [5.74, 6) is 0.341. The van der Waals surface area contributed by atoms with Gasteiger partial charge in [0.2, 0.25) is 5.90 Å². The average molecular weight is 484 g/mol. The van der Waals surface area contributed by atoms with Crippen molar-refractivity contribution in [3.63, 3.8) is 0 Å². The van der Waals surface area contributed by atoms with E-state index < -0.39 is 11.5 Å². The van der Waals surface area contributed by atoms with Gasteiger partial charge < -0.3 is 14.2 Å². The van der Waals surface area contributed by atoms with Crippen LogP contribution in [0.15, 0.2) is 96.0 Å². The maximum absolute atomic E-state index is 13.5. The molecule has 0 radical (unpaired) electrons. The second-order valence-electron chi connectivity index (χ2n) is 8.64. The van der Waals surface area contributed by atoms with Crippen LogP contribution in [0.5, 0.6) is 11.5 Å². The number of hydrogen-bond donors (Lipinski definition) is 0. The van der Waals surface area contributed by atoms with E-state index in [1.54, 1.807) is 50.6 Å². The van der Waals surface area contributed by atoms with E-state index >= 15 is 0 Å². The first-order chi connectivity index (χ1) is 17.5. The van der Waals surface area contributed by atoms with Gasteiger partial charge in [-0.1, -0.05) is 85.8 Å². The molecule has 3 aromatic carbocycles. The Hall–Kier alpha value is -4.19. The van der Waals surface area contributed by atoms with Crippen molar-refractivity contribution in [2.75, 3.05) is 14.2 Å². The fourth-order valence-electron chi connectivity index (χ4n) is 4.34. The highest BCUT2D eigenvalue weighted by molar-refractivity contribution is 6.11. The minimum Gasteiger partial charge on any atom is -0.496 e. The average Bonchev–Trinajstić information content (AvgIpc) is 3.25. The smallest absolute Gasteiger partial charge is 0.341 e. The molecule has 1 unspecified atom stereocenters. The van der Waals surface area contributed by atoms with Crippen LogP contribution < -0.4 is 9.47 Å². The highest BCUT2D eigenvalue weighted by Crippen LogP contribution is 2.39. The third-order valence-corrected chi connectivity index (χ3v) is 6.38. The van der Waals surface area contributed by atoms with Gasteiger partial charge in [-0.25, -0.2) is 9.79 Å². The molecule has 0 aromatic heterocycles. The Labute approximate surface area is 211 Å². The van der Waals surface area contributed by atoms with Gasteiger partial charge in [-0.2, -0.15) is 0 Å². The number of allylic oxidation sites excluding steroid dienone is 1. The monoisotopic (exact) mass is 483 g/mol. The number of rotatable bonds is 10. The van der Waals surface area contributed by atoms with Crippen LogP contribution in [0.1, 0.15) is 34.8 Å². The fourth-order valence-corrected chi connectivity index (χ4v) is 4.34. The summed E-state index contributed by atoms with van der Waals surface area (Å²) in [4.78, 5) is 31.0. The molecule has 1 heterocycles. The van der Waals surface area contributed by atoms with Gasteiger partial charge in [0, 0.05) is 24.3 Å². The lowest BCUT2D eigenvalue weighted by molar-refractivity contribution is -0.140. The van der Waals surface area contributed by atoms with Crippen LogP contribution in [0.25, 0.3) is 0 Å². The number of hydrogen-bond acceptors (Lipinski definition) is 6. The van der Waals surface area contributed by atoms with Crippen LogP contribution in [-0.4, -0.2) is 37.4 Å². The largest absolute Gasteiger partial charge is 0.496 e. The summed E-state index contributed by atoms with van der Waals surface area (Å²) >= 11 is 0. The predicted octanol–water partition coefficient (Wildman–Crippen LogP) is 5.45. The molecule has 3 aromatic rings. The number of esters is 1. The van der Waals surface area contributed by atoms with Crippen molar-refractivity contribution < 1.29 is 23.8 Å². The van der Waals surface area contributed by atoms with Gasteiger partial charge >= 0.3 is 5.97 Å². The van der Waals surface area contributed by atoms with E-state index in [-0.39, 0.29) is 24.0 Å². The van der Waals surface area contributed by atoms with Crippen LogP contribution in [0.2, 0.25) is 0 Å². The first-order valence-electron chi connectivity index (χ1n) is 11.8. The van der Waals surface area contributed by atoms with E-state index in [9.17, 15) is 9.59 Å². The molecule has 36 heavy (non-hydrogen) atoms. The van der Waals surface area contributed by atoms with Crippen molar-refractivity contribution in [2.24, 2.45) is 10.9 Å². The molecule has 6 nitrogen and oxygen atoms in total. The summed E-state index contributed by atoms with van der Waals surface area (Å²) in [5, 5.41) is 0. The van der Waals surface area contributed by atoms with E-state index in [1.807, 2.05) is 61.5 Å². The summed E-state index contributed by atoms with van der Waals surface area (Å²) in [7, 11) is 3.09. The highest BCUT2D eigenvalue weighted by Gasteiger charge is 2.50.